The van der Waals surface area contributed by atoms with Crippen LogP contribution in [0.5, 0.6) is 0 Å². The minimum atomic E-state index is 0.169. The van der Waals surface area contributed by atoms with E-state index >= 15 is 0 Å². The highest BCUT2D eigenvalue weighted by Gasteiger charge is 2.25. The molecule has 86 valence electrons. The molecule has 1 amide bonds. The molecule has 1 rings (SSSR count). The third kappa shape index (κ3) is 3.06. The van der Waals surface area contributed by atoms with Crippen molar-refractivity contribution in [3.63, 3.8) is 0 Å². The second kappa shape index (κ2) is 5.31. The normalized spacial score (nSPS) is 25.2. The number of hydrogen-bond donors (Lipinski definition) is 1. The van der Waals surface area contributed by atoms with Crippen molar-refractivity contribution in [2.24, 2.45) is 11.7 Å². The van der Waals surface area contributed by atoms with Gasteiger partial charge in [0.1, 0.15) is 0 Å². The van der Waals surface area contributed by atoms with Gasteiger partial charge in [-0.05, 0) is 39.5 Å². The molecule has 1 heterocycles. The molecule has 1 saturated heterocycles. The Labute approximate surface area is 92.3 Å². The maximum atomic E-state index is 11.9. The van der Waals surface area contributed by atoms with Crippen LogP contribution in [0.15, 0.2) is 11.6 Å². The van der Waals surface area contributed by atoms with Gasteiger partial charge < -0.3 is 10.6 Å². The first kappa shape index (κ1) is 12.2. The van der Waals surface area contributed by atoms with E-state index < -0.39 is 0 Å². The first-order chi connectivity index (χ1) is 7.06. The SMILES string of the molecule is C/C=C(\C)C(=O)N1CCCC(C(C)N)C1. The number of amides is 1. The Morgan fingerprint density at radius 1 is 1.60 bits per heavy atom. The summed E-state index contributed by atoms with van der Waals surface area (Å²) in [5.74, 6) is 0.634. The molecule has 0 aromatic carbocycles. The Bertz CT molecular complexity index is 258. The Balaban J connectivity index is 2.60. The highest BCUT2D eigenvalue weighted by molar-refractivity contribution is 5.92. The van der Waals surface area contributed by atoms with Crippen LogP contribution in [0.4, 0.5) is 0 Å². The van der Waals surface area contributed by atoms with Gasteiger partial charge >= 0.3 is 0 Å². The second-order valence-electron chi connectivity index (χ2n) is 4.48. The van der Waals surface area contributed by atoms with Crippen LogP contribution in [-0.4, -0.2) is 29.9 Å². The number of allylic oxidation sites excluding steroid dienone is 1. The lowest BCUT2D eigenvalue weighted by Crippen LogP contribution is -2.45. The fraction of sp³-hybridized carbons (Fsp3) is 0.750. The van der Waals surface area contributed by atoms with Crippen molar-refractivity contribution < 1.29 is 4.79 Å². The van der Waals surface area contributed by atoms with E-state index in [4.69, 9.17) is 5.73 Å². The highest BCUT2D eigenvalue weighted by Crippen LogP contribution is 2.20. The molecule has 0 aromatic rings. The van der Waals surface area contributed by atoms with Crippen molar-refractivity contribution in [3.8, 4) is 0 Å². The van der Waals surface area contributed by atoms with E-state index in [-0.39, 0.29) is 11.9 Å². The minimum Gasteiger partial charge on any atom is -0.339 e. The number of likely N-dealkylation sites (tertiary alicyclic amines) is 1. The summed E-state index contributed by atoms with van der Waals surface area (Å²) < 4.78 is 0. The Hall–Kier alpha value is -0.830. The lowest BCUT2D eigenvalue weighted by atomic mass is 9.92. The van der Waals surface area contributed by atoms with Gasteiger partial charge in [-0.25, -0.2) is 0 Å². The zero-order valence-corrected chi connectivity index (χ0v) is 9.99. The maximum absolute atomic E-state index is 11.9. The number of nitrogens with zero attached hydrogens (tertiary/aromatic N) is 1. The lowest BCUT2D eigenvalue weighted by molar-refractivity contribution is -0.128. The molecule has 15 heavy (non-hydrogen) atoms. The molecule has 2 atom stereocenters. The summed E-state index contributed by atoms with van der Waals surface area (Å²) in [5, 5.41) is 0. The van der Waals surface area contributed by atoms with E-state index in [1.54, 1.807) is 0 Å². The Morgan fingerprint density at radius 2 is 2.27 bits per heavy atom. The lowest BCUT2D eigenvalue weighted by Gasteiger charge is -2.34. The average molecular weight is 210 g/mol. The monoisotopic (exact) mass is 210 g/mol. The quantitative estimate of drug-likeness (QED) is 0.703. The molecule has 2 N–H and O–H groups in total. The molecule has 0 aromatic heterocycles. The maximum Gasteiger partial charge on any atom is 0.249 e. The van der Waals surface area contributed by atoms with Crippen molar-refractivity contribution in [2.75, 3.05) is 13.1 Å². The molecule has 1 fully saturated rings. The van der Waals surface area contributed by atoms with Crippen LogP contribution in [0.2, 0.25) is 0 Å². The number of carbonyl (C=O) groups excluding carboxylic acids is 1. The van der Waals surface area contributed by atoms with E-state index in [0.29, 0.717) is 5.92 Å². The average Bonchev–Trinajstić information content (AvgIpc) is 2.27. The van der Waals surface area contributed by atoms with Gasteiger partial charge in [-0.1, -0.05) is 6.08 Å². The summed E-state index contributed by atoms with van der Waals surface area (Å²) in [4.78, 5) is 13.9. The van der Waals surface area contributed by atoms with Gasteiger partial charge in [0.2, 0.25) is 5.91 Å². The summed E-state index contributed by atoms with van der Waals surface area (Å²) in [7, 11) is 0. The van der Waals surface area contributed by atoms with Crippen LogP contribution >= 0.6 is 0 Å². The van der Waals surface area contributed by atoms with Crippen molar-refractivity contribution in [2.45, 2.75) is 39.7 Å². The van der Waals surface area contributed by atoms with Crippen LogP contribution in [-0.2, 0) is 4.79 Å². The molecule has 3 heteroatoms. The summed E-state index contributed by atoms with van der Waals surface area (Å²) in [5.41, 5.74) is 6.72. The summed E-state index contributed by atoms with van der Waals surface area (Å²) in [6, 6.07) is 0.187. The van der Waals surface area contributed by atoms with Gasteiger partial charge in [-0.15, -0.1) is 0 Å². The molecule has 0 radical (unpaired) electrons. The Morgan fingerprint density at radius 3 is 2.80 bits per heavy atom. The first-order valence-corrected chi connectivity index (χ1v) is 5.74. The van der Waals surface area contributed by atoms with Crippen molar-refractivity contribution in [3.05, 3.63) is 11.6 Å². The minimum absolute atomic E-state index is 0.169. The molecular weight excluding hydrogens is 188 g/mol. The molecule has 0 bridgehead atoms. The standard InChI is InChI=1S/C12H22N2O/c1-4-9(2)12(15)14-7-5-6-11(8-14)10(3)13/h4,10-11H,5-8,13H2,1-3H3/b9-4+. The number of nitrogens with two attached hydrogens (primary N) is 1. The van der Waals surface area contributed by atoms with E-state index in [9.17, 15) is 4.79 Å². The van der Waals surface area contributed by atoms with Crippen LogP contribution in [0.3, 0.4) is 0 Å². The third-order valence-electron chi connectivity index (χ3n) is 3.26. The van der Waals surface area contributed by atoms with Gasteiger partial charge in [0, 0.05) is 24.7 Å². The molecule has 1 aliphatic rings. The highest BCUT2D eigenvalue weighted by atomic mass is 16.2. The smallest absolute Gasteiger partial charge is 0.249 e. The summed E-state index contributed by atoms with van der Waals surface area (Å²) >= 11 is 0. The Kier molecular flexibility index (Phi) is 4.33. The third-order valence-corrected chi connectivity index (χ3v) is 3.26. The van der Waals surface area contributed by atoms with E-state index in [0.717, 1.165) is 31.5 Å². The van der Waals surface area contributed by atoms with Crippen LogP contribution in [0, 0.1) is 5.92 Å². The topological polar surface area (TPSA) is 46.3 Å². The van der Waals surface area contributed by atoms with Crippen molar-refractivity contribution >= 4 is 5.91 Å². The van der Waals surface area contributed by atoms with Crippen LogP contribution < -0.4 is 5.73 Å². The molecule has 2 unspecified atom stereocenters. The number of rotatable bonds is 2. The predicted octanol–water partition coefficient (Wildman–Crippen LogP) is 1.54. The fourth-order valence-electron chi connectivity index (χ4n) is 2.00. The molecule has 0 spiro atoms. The molecule has 0 saturated carbocycles. The molecule has 1 aliphatic heterocycles. The van der Waals surface area contributed by atoms with Gasteiger partial charge in [-0.3, -0.25) is 4.79 Å². The number of piperidine rings is 1. The fourth-order valence-corrected chi connectivity index (χ4v) is 2.00. The van der Waals surface area contributed by atoms with Gasteiger partial charge in [0.25, 0.3) is 0 Å². The zero-order valence-electron chi connectivity index (χ0n) is 9.99. The zero-order chi connectivity index (χ0) is 11.4. The van der Waals surface area contributed by atoms with Crippen LogP contribution in [0.25, 0.3) is 0 Å². The summed E-state index contributed by atoms with van der Waals surface area (Å²) in [6.45, 7) is 7.51. The molecular formula is C12H22N2O. The van der Waals surface area contributed by atoms with E-state index in [2.05, 4.69) is 0 Å². The summed E-state index contributed by atoms with van der Waals surface area (Å²) in [6.07, 6.45) is 4.10. The number of carbonyl (C=O) groups is 1. The largest absolute Gasteiger partial charge is 0.339 e. The predicted molar refractivity (Wildman–Crippen MR) is 62.4 cm³/mol. The van der Waals surface area contributed by atoms with E-state index in [1.807, 2.05) is 31.7 Å². The van der Waals surface area contributed by atoms with Gasteiger partial charge in [0.05, 0.1) is 0 Å². The molecule has 3 nitrogen and oxygen atoms in total. The van der Waals surface area contributed by atoms with E-state index in [1.165, 1.54) is 0 Å². The second-order valence-corrected chi connectivity index (χ2v) is 4.48. The van der Waals surface area contributed by atoms with Crippen LogP contribution in [0.1, 0.15) is 33.6 Å². The molecule has 0 aliphatic carbocycles. The van der Waals surface area contributed by atoms with Gasteiger partial charge in [-0.2, -0.15) is 0 Å². The number of hydrogen-bond acceptors (Lipinski definition) is 2. The van der Waals surface area contributed by atoms with Gasteiger partial charge in [0.15, 0.2) is 0 Å². The van der Waals surface area contributed by atoms with Crippen molar-refractivity contribution in [1.82, 2.24) is 4.90 Å². The van der Waals surface area contributed by atoms with Crippen molar-refractivity contribution in [1.29, 1.82) is 0 Å². The first-order valence-electron chi connectivity index (χ1n) is 5.74.